The van der Waals surface area contributed by atoms with Crippen LogP contribution in [0, 0.1) is 0 Å². The topological polar surface area (TPSA) is 98.1 Å². The van der Waals surface area contributed by atoms with Gasteiger partial charge in [0.25, 0.3) is 11.9 Å². The second-order valence-corrected chi connectivity index (χ2v) is 4.42. The Bertz CT molecular complexity index is 721. The minimum Gasteiger partial charge on any atom is -0.498 e. The molecule has 0 spiro atoms. The standard InChI is InChI=1S/C14H13N5O3/c1-21-10-6-8-9(7-11(10)22-2)17-14(18-12(8)20)19-13-15-4-3-5-16-13/h3-7,10H,1-2H3,(H,15,16,18,19,20). The molecule has 3 rings (SSSR count). The summed E-state index contributed by atoms with van der Waals surface area (Å²) in [6, 6.07) is 1.68. The van der Waals surface area contributed by atoms with Gasteiger partial charge in [0.2, 0.25) is 5.96 Å². The van der Waals surface area contributed by atoms with E-state index in [1.165, 1.54) is 14.2 Å². The number of aromatic nitrogens is 2. The van der Waals surface area contributed by atoms with Crippen molar-refractivity contribution in [3.05, 3.63) is 41.9 Å². The molecule has 112 valence electrons. The van der Waals surface area contributed by atoms with Gasteiger partial charge in [-0.2, -0.15) is 4.99 Å². The van der Waals surface area contributed by atoms with Crippen molar-refractivity contribution in [2.24, 2.45) is 9.98 Å². The number of methoxy groups -OCH3 is 2. The molecule has 8 heteroatoms. The molecule has 0 radical (unpaired) electrons. The Labute approximate surface area is 126 Å². The van der Waals surface area contributed by atoms with Crippen molar-refractivity contribution >= 4 is 23.5 Å². The first-order chi connectivity index (χ1) is 10.7. The molecule has 1 amide bonds. The predicted molar refractivity (Wildman–Crippen MR) is 78.7 cm³/mol. The molecule has 2 aliphatic rings. The summed E-state index contributed by atoms with van der Waals surface area (Å²) in [5.74, 6) is 0.602. The van der Waals surface area contributed by atoms with E-state index in [-0.39, 0.29) is 17.8 Å². The van der Waals surface area contributed by atoms with Crippen LogP contribution in [0.25, 0.3) is 0 Å². The fourth-order valence-corrected chi connectivity index (χ4v) is 2.06. The number of aliphatic imine (C=N–C) groups is 2. The minimum absolute atomic E-state index is 0.130. The number of carbonyl (C=O) groups excluding carboxylic acids is 1. The maximum absolute atomic E-state index is 12.2. The van der Waals surface area contributed by atoms with Crippen molar-refractivity contribution in [2.45, 2.75) is 6.10 Å². The molecule has 1 aliphatic carbocycles. The number of amides is 1. The summed E-state index contributed by atoms with van der Waals surface area (Å²) in [6.07, 6.45) is 6.01. The van der Waals surface area contributed by atoms with E-state index in [9.17, 15) is 4.79 Å². The zero-order valence-corrected chi connectivity index (χ0v) is 12.0. The van der Waals surface area contributed by atoms with Crippen molar-refractivity contribution in [3.63, 3.8) is 0 Å². The lowest BCUT2D eigenvalue weighted by atomic mass is 9.98. The van der Waals surface area contributed by atoms with Crippen LogP contribution in [-0.2, 0) is 14.3 Å². The van der Waals surface area contributed by atoms with E-state index >= 15 is 0 Å². The molecule has 1 aromatic rings. The van der Waals surface area contributed by atoms with Crippen molar-refractivity contribution in [1.29, 1.82) is 0 Å². The van der Waals surface area contributed by atoms with E-state index in [0.717, 1.165) is 0 Å². The highest BCUT2D eigenvalue weighted by atomic mass is 16.5. The van der Waals surface area contributed by atoms with Crippen LogP contribution in [-0.4, -0.2) is 47.9 Å². The Morgan fingerprint density at radius 1 is 1.27 bits per heavy atom. The van der Waals surface area contributed by atoms with Crippen LogP contribution in [0.5, 0.6) is 0 Å². The molecule has 1 N–H and O–H groups in total. The van der Waals surface area contributed by atoms with Crippen molar-refractivity contribution < 1.29 is 14.3 Å². The molecular formula is C14H13N5O3. The number of nitrogens with zero attached hydrogens (tertiary/aromatic N) is 4. The number of carbonyl (C=O) groups is 1. The molecule has 2 heterocycles. The van der Waals surface area contributed by atoms with Crippen LogP contribution >= 0.6 is 0 Å². The Kier molecular flexibility index (Phi) is 3.75. The maximum atomic E-state index is 12.2. The second-order valence-electron chi connectivity index (χ2n) is 4.42. The number of rotatable bonds is 3. The molecule has 1 aromatic heterocycles. The quantitative estimate of drug-likeness (QED) is 0.877. The monoisotopic (exact) mass is 299 g/mol. The average Bonchev–Trinajstić information content (AvgIpc) is 2.54. The lowest BCUT2D eigenvalue weighted by Crippen LogP contribution is -2.40. The van der Waals surface area contributed by atoms with Crippen molar-refractivity contribution in [3.8, 4) is 0 Å². The highest BCUT2D eigenvalue weighted by Gasteiger charge is 2.29. The van der Waals surface area contributed by atoms with Gasteiger partial charge in [0.15, 0.2) is 0 Å². The molecular weight excluding hydrogens is 286 g/mol. The molecule has 22 heavy (non-hydrogen) atoms. The molecule has 1 aliphatic heterocycles. The lowest BCUT2D eigenvalue weighted by Gasteiger charge is -2.24. The van der Waals surface area contributed by atoms with Crippen molar-refractivity contribution in [1.82, 2.24) is 15.3 Å². The van der Waals surface area contributed by atoms with Crippen LogP contribution in [0.1, 0.15) is 0 Å². The minimum atomic E-state index is -0.416. The van der Waals surface area contributed by atoms with Crippen LogP contribution < -0.4 is 5.32 Å². The van der Waals surface area contributed by atoms with Gasteiger partial charge >= 0.3 is 0 Å². The molecule has 1 unspecified atom stereocenters. The highest BCUT2D eigenvalue weighted by Crippen LogP contribution is 2.21. The number of guanidine groups is 1. The summed E-state index contributed by atoms with van der Waals surface area (Å²) >= 11 is 0. The highest BCUT2D eigenvalue weighted by molar-refractivity contribution is 6.34. The first-order valence-corrected chi connectivity index (χ1v) is 6.47. The second kappa shape index (κ2) is 5.86. The summed E-state index contributed by atoms with van der Waals surface area (Å²) in [6.45, 7) is 0. The first-order valence-electron chi connectivity index (χ1n) is 6.47. The van der Waals surface area contributed by atoms with E-state index in [1.807, 2.05) is 0 Å². The molecule has 0 saturated heterocycles. The smallest absolute Gasteiger partial charge is 0.260 e. The van der Waals surface area contributed by atoms with Crippen LogP contribution in [0.4, 0.5) is 5.95 Å². The number of ether oxygens (including phenoxy) is 2. The van der Waals surface area contributed by atoms with Gasteiger partial charge in [0, 0.05) is 25.6 Å². The number of nitrogens with one attached hydrogen (secondary N) is 1. The van der Waals surface area contributed by atoms with E-state index in [1.54, 1.807) is 30.6 Å². The third kappa shape index (κ3) is 2.63. The largest absolute Gasteiger partial charge is 0.498 e. The number of fused-ring (bicyclic) bond motifs is 1. The molecule has 0 aromatic carbocycles. The van der Waals surface area contributed by atoms with E-state index in [2.05, 4.69) is 25.3 Å². The summed E-state index contributed by atoms with van der Waals surface area (Å²) in [7, 11) is 3.07. The number of hydrogen-bond donors (Lipinski definition) is 1. The summed E-state index contributed by atoms with van der Waals surface area (Å²) < 4.78 is 10.5. The van der Waals surface area contributed by atoms with Crippen LogP contribution in [0.15, 0.2) is 51.9 Å². The Balaban J connectivity index is 1.99. The Morgan fingerprint density at radius 3 is 2.73 bits per heavy atom. The van der Waals surface area contributed by atoms with Crippen LogP contribution in [0.3, 0.4) is 0 Å². The zero-order valence-electron chi connectivity index (χ0n) is 12.0. The Morgan fingerprint density at radius 2 is 2.05 bits per heavy atom. The van der Waals surface area contributed by atoms with Gasteiger partial charge in [-0.05, 0) is 12.1 Å². The van der Waals surface area contributed by atoms with Gasteiger partial charge in [-0.3, -0.25) is 10.1 Å². The zero-order chi connectivity index (χ0) is 15.5. The van der Waals surface area contributed by atoms with E-state index in [0.29, 0.717) is 17.0 Å². The Hall–Kier alpha value is -2.87. The van der Waals surface area contributed by atoms with E-state index < -0.39 is 6.10 Å². The molecule has 0 fully saturated rings. The van der Waals surface area contributed by atoms with Gasteiger partial charge in [-0.1, -0.05) is 0 Å². The molecule has 1 atom stereocenters. The number of allylic oxidation sites excluding steroid dienone is 1. The summed E-state index contributed by atoms with van der Waals surface area (Å²) in [5.41, 5.74) is 0.879. The summed E-state index contributed by atoms with van der Waals surface area (Å²) in [4.78, 5) is 28.5. The first kappa shape index (κ1) is 14.1. The fourth-order valence-electron chi connectivity index (χ4n) is 2.06. The predicted octanol–water partition coefficient (Wildman–Crippen LogP) is 0.520. The summed E-state index contributed by atoms with van der Waals surface area (Å²) in [5, 5.41) is 2.59. The van der Waals surface area contributed by atoms with Gasteiger partial charge in [-0.25, -0.2) is 15.0 Å². The molecule has 0 saturated carbocycles. The van der Waals surface area contributed by atoms with Crippen molar-refractivity contribution in [2.75, 3.05) is 14.2 Å². The van der Waals surface area contributed by atoms with Gasteiger partial charge in [0.05, 0.1) is 18.4 Å². The van der Waals surface area contributed by atoms with Gasteiger partial charge < -0.3 is 9.47 Å². The lowest BCUT2D eigenvalue weighted by molar-refractivity contribution is -0.115. The maximum Gasteiger partial charge on any atom is 0.260 e. The molecule has 0 bridgehead atoms. The van der Waals surface area contributed by atoms with E-state index in [4.69, 9.17) is 9.47 Å². The fraction of sp³-hybridized carbons (Fsp3) is 0.214. The van der Waals surface area contributed by atoms with Gasteiger partial charge in [-0.15, -0.1) is 0 Å². The third-order valence-electron chi connectivity index (χ3n) is 3.10. The molecule has 8 nitrogen and oxygen atoms in total. The number of hydrogen-bond acceptors (Lipinski definition) is 6. The average molecular weight is 299 g/mol. The SMILES string of the molecule is COC1=CC2=N/C(=N/c3ncccn3)NC(=O)C2=CC1OC. The van der Waals surface area contributed by atoms with Gasteiger partial charge in [0.1, 0.15) is 11.9 Å². The van der Waals surface area contributed by atoms with Crippen LogP contribution in [0.2, 0.25) is 0 Å². The third-order valence-corrected chi connectivity index (χ3v) is 3.10. The normalized spacial score (nSPS) is 22.3.